The largest absolute Gasteiger partial charge is 0.356 e. The average molecular weight is 492 g/mol. The van der Waals surface area contributed by atoms with Crippen LogP contribution in [0.4, 0.5) is 10.8 Å². The highest BCUT2D eigenvalue weighted by atomic mass is 32.1. The maximum absolute atomic E-state index is 12.7. The second-order valence-corrected chi connectivity index (χ2v) is 8.94. The number of anilines is 2. The monoisotopic (exact) mass is 491 g/mol. The fraction of sp³-hybridized carbons (Fsp3) is 0.240. The van der Waals surface area contributed by atoms with Crippen LogP contribution in [0.1, 0.15) is 42.1 Å². The number of nitrogens with one attached hydrogen (secondary N) is 3. The lowest BCUT2D eigenvalue weighted by molar-refractivity contribution is -0.130. The molecule has 1 fully saturated rings. The van der Waals surface area contributed by atoms with E-state index in [1.807, 2.05) is 29.6 Å². The van der Waals surface area contributed by atoms with Crippen molar-refractivity contribution in [2.75, 3.05) is 16.9 Å². The highest BCUT2D eigenvalue weighted by molar-refractivity contribution is 7.14. The number of hydrogen-bond donors (Lipinski definition) is 3. The Kier molecular flexibility index (Phi) is 7.51. The van der Waals surface area contributed by atoms with Gasteiger partial charge in [0.05, 0.1) is 11.4 Å². The molecule has 0 radical (unpaired) electrons. The van der Waals surface area contributed by atoms with Crippen molar-refractivity contribution in [3.63, 3.8) is 0 Å². The van der Waals surface area contributed by atoms with E-state index in [1.165, 1.54) is 28.8 Å². The molecule has 3 aromatic rings. The minimum atomic E-state index is -0.319. The first-order valence-electron chi connectivity index (χ1n) is 11.2. The van der Waals surface area contributed by atoms with Crippen LogP contribution in [0.5, 0.6) is 0 Å². The third-order valence-electron chi connectivity index (χ3n) is 5.43. The van der Waals surface area contributed by atoms with Crippen LogP contribution in [-0.4, -0.2) is 35.2 Å². The van der Waals surface area contributed by atoms with E-state index in [0.29, 0.717) is 22.9 Å². The topological polar surface area (TPSA) is 120 Å². The van der Waals surface area contributed by atoms with E-state index in [-0.39, 0.29) is 36.5 Å². The number of thiazole rings is 1. The van der Waals surface area contributed by atoms with Gasteiger partial charge in [-0.25, -0.2) is 9.99 Å². The molecule has 0 saturated carbocycles. The summed E-state index contributed by atoms with van der Waals surface area (Å²) in [6.07, 6.45) is 2.07. The number of aromatic nitrogens is 1. The van der Waals surface area contributed by atoms with Crippen LogP contribution in [0.15, 0.2) is 53.9 Å². The van der Waals surface area contributed by atoms with Crippen molar-refractivity contribution in [3.8, 4) is 11.3 Å². The van der Waals surface area contributed by atoms with E-state index in [1.54, 1.807) is 24.3 Å². The first-order chi connectivity index (χ1) is 16.9. The Bertz CT molecular complexity index is 1240. The molecule has 180 valence electrons. The predicted molar refractivity (Wildman–Crippen MR) is 134 cm³/mol. The number of benzene rings is 2. The molecular weight excluding hydrogens is 466 g/mol. The second kappa shape index (κ2) is 10.9. The lowest BCUT2D eigenvalue weighted by Gasteiger charge is -2.27. The Morgan fingerprint density at radius 2 is 1.80 bits per heavy atom. The molecule has 3 N–H and O–H groups in total. The van der Waals surface area contributed by atoms with E-state index in [9.17, 15) is 19.2 Å². The summed E-state index contributed by atoms with van der Waals surface area (Å²) in [5.74, 6) is -0.758. The summed E-state index contributed by atoms with van der Waals surface area (Å²) in [6, 6.07) is 14.5. The van der Waals surface area contributed by atoms with Crippen molar-refractivity contribution in [1.82, 2.24) is 15.7 Å². The molecule has 0 atom stereocenters. The summed E-state index contributed by atoms with van der Waals surface area (Å²) in [5.41, 5.74) is 6.33. The van der Waals surface area contributed by atoms with Gasteiger partial charge in [0, 0.05) is 42.8 Å². The molecule has 2 heterocycles. The lowest BCUT2D eigenvalue weighted by atomic mass is 10.1. The highest BCUT2D eigenvalue weighted by Crippen LogP contribution is 2.26. The van der Waals surface area contributed by atoms with E-state index >= 15 is 0 Å². The summed E-state index contributed by atoms with van der Waals surface area (Å²) in [7, 11) is 0. The normalized spacial score (nSPS) is 13.3. The van der Waals surface area contributed by atoms with Gasteiger partial charge in [-0.3, -0.25) is 29.9 Å². The van der Waals surface area contributed by atoms with Crippen LogP contribution in [0.2, 0.25) is 0 Å². The fourth-order valence-corrected chi connectivity index (χ4v) is 4.29. The predicted octanol–water partition coefficient (Wildman–Crippen LogP) is 3.29. The Morgan fingerprint density at radius 3 is 2.51 bits per heavy atom. The molecule has 0 spiro atoms. The molecule has 1 aliphatic rings. The maximum Gasteiger partial charge on any atom is 0.257 e. The molecular formula is C25H25N5O4S. The first-order valence-corrected chi connectivity index (χ1v) is 12.1. The Morgan fingerprint density at radius 1 is 1.06 bits per heavy atom. The SMILES string of the molecule is CC(=O)NCCCc1ccc(-c2csc(NC(=O)c3ccc(N4NC(=O)CCC4=O)cc3)n2)cc1. The fourth-order valence-electron chi connectivity index (χ4n) is 3.58. The van der Waals surface area contributed by atoms with E-state index in [2.05, 4.69) is 21.0 Å². The molecule has 0 aliphatic carbocycles. The van der Waals surface area contributed by atoms with Crippen LogP contribution in [0, 0.1) is 0 Å². The highest BCUT2D eigenvalue weighted by Gasteiger charge is 2.24. The Labute approximate surface area is 206 Å². The molecule has 35 heavy (non-hydrogen) atoms. The first kappa shape index (κ1) is 24.1. The molecule has 0 unspecified atom stereocenters. The second-order valence-electron chi connectivity index (χ2n) is 8.09. The Hall–Kier alpha value is -4.05. The van der Waals surface area contributed by atoms with Gasteiger partial charge in [-0.2, -0.15) is 0 Å². The molecule has 1 aromatic heterocycles. The van der Waals surface area contributed by atoms with Crippen molar-refractivity contribution in [2.45, 2.75) is 32.6 Å². The smallest absolute Gasteiger partial charge is 0.257 e. The maximum atomic E-state index is 12.7. The zero-order valence-corrected chi connectivity index (χ0v) is 20.0. The summed E-state index contributed by atoms with van der Waals surface area (Å²) in [4.78, 5) is 51.7. The van der Waals surface area contributed by atoms with Crippen molar-refractivity contribution >= 4 is 45.8 Å². The number of carbonyl (C=O) groups is 4. The van der Waals surface area contributed by atoms with Crippen molar-refractivity contribution in [3.05, 3.63) is 65.0 Å². The van der Waals surface area contributed by atoms with Gasteiger partial charge in [0.2, 0.25) is 17.7 Å². The number of aryl methyl sites for hydroxylation is 1. The number of amides is 4. The molecule has 2 aromatic carbocycles. The van der Waals surface area contributed by atoms with E-state index in [0.717, 1.165) is 24.1 Å². The standard InChI is InChI=1S/C25H25N5O4S/c1-16(31)26-14-2-3-17-4-6-18(7-5-17)21-15-35-25(27-21)28-24(34)19-8-10-20(11-9-19)30-23(33)13-12-22(32)29-30/h4-11,15H,2-3,12-14H2,1H3,(H,26,31)(H,29,32)(H,27,28,34). The van der Waals surface area contributed by atoms with Gasteiger partial charge in [0.25, 0.3) is 5.91 Å². The van der Waals surface area contributed by atoms with Crippen LogP contribution in [0.3, 0.4) is 0 Å². The third-order valence-corrected chi connectivity index (χ3v) is 6.19. The van der Waals surface area contributed by atoms with Gasteiger partial charge in [0.1, 0.15) is 0 Å². The molecule has 10 heteroatoms. The number of hydrogen-bond acceptors (Lipinski definition) is 6. The average Bonchev–Trinajstić information content (AvgIpc) is 3.32. The van der Waals surface area contributed by atoms with Gasteiger partial charge >= 0.3 is 0 Å². The van der Waals surface area contributed by atoms with Crippen LogP contribution < -0.4 is 21.1 Å². The summed E-state index contributed by atoms with van der Waals surface area (Å²) in [6.45, 7) is 2.17. The van der Waals surface area contributed by atoms with Crippen LogP contribution in [-0.2, 0) is 20.8 Å². The molecule has 1 saturated heterocycles. The molecule has 1 aliphatic heterocycles. The molecule has 4 amide bonds. The number of nitrogens with zero attached hydrogens (tertiary/aromatic N) is 2. The number of hydrazine groups is 1. The zero-order chi connectivity index (χ0) is 24.8. The molecule has 0 bridgehead atoms. The minimum Gasteiger partial charge on any atom is -0.356 e. The van der Waals surface area contributed by atoms with Gasteiger partial charge in [-0.1, -0.05) is 24.3 Å². The van der Waals surface area contributed by atoms with E-state index < -0.39 is 0 Å². The van der Waals surface area contributed by atoms with Crippen LogP contribution >= 0.6 is 11.3 Å². The van der Waals surface area contributed by atoms with Crippen molar-refractivity contribution in [1.29, 1.82) is 0 Å². The lowest BCUT2D eigenvalue weighted by Crippen LogP contribution is -2.50. The summed E-state index contributed by atoms with van der Waals surface area (Å²) < 4.78 is 0. The van der Waals surface area contributed by atoms with Gasteiger partial charge in [-0.15, -0.1) is 11.3 Å². The van der Waals surface area contributed by atoms with Gasteiger partial charge in [0.15, 0.2) is 5.13 Å². The van der Waals surface area contributed by atoms with Gasteiger partial charge in [-0.05, 0) is 42.7 Å². The van der Waals surface area contributed by atoms with Gasteiger partial charge < -0.3 is 5.32 Å². The Balaban J connectivity index is 1.33. The zero-order valence-electron chi connectivity index (χ0n) is 19.2. The minimum absolute atomic E-state index is 0.0206. The third kappa shape index (κ3) is 6.30. The number of carbonyl (C=O) groups excluding carboxylic acids is 4. The quantitative estimate of drug-likeness (QED) is 0.418. The summed E-state index contributed by atoms with van der Waals surface area (Å²) in [5, 5.41) is 9.16. The van der Waals surface area contributed by atoms with E-state index in [4.69, 9.17) is 0 Å². The number of rotatable bonds is 8. The van der Waals surface area contributed by atoms with Crippen molar-refractivity contribution < 1.29 is 19.2 Å². The molecule has 9 nitrogen and oxygen atoms in total. The summed E-state index contributed by atoms with van der Waals surface area (Å²) >= 11 is 1.33. The van der Waals surface area contributed by atoms with Crippen molar-refractivity contribution in [2.24, 2.45) is 0 Å². The molecule has 4 rings (SSSR count). The van der Waals surface area contributed by atoms with Crippen LogP contribution in [0.25, 0.3) is 11.3 Å².